The van der Waals surface area contributed by atoms with Crippen LogP contribution in [0.1, 0.15) is 17.3 Å². The van der Waals surface area contributed by atoms with Crippen molar-refractivity contribution < 1.29 is 14.6 Å². The third-order valence-corrected chi connectivity index (χ3v) is 2.48. The highest BCUT2D eigenvalue weighted by Gasteiger charge is 2.14. The molecule has 0 radical (unpaired) electrons. The summed E-state index contributed by atoms with van der Waals surface area (Å²) in [5, 5.41) is 8.92. The smallest absolute Gasteiger partial charge is 0.339 e. The van der Waals surface area contributed by atoms with E-state index in [1.54, 1.807) is 12.1 Å². The highest BCUT2D eigenvalue weighted by Crippen LogP contribution is 2.31. The first kappa shape index (κ1) is 10.9. The summed E-state index contributed by atoms with van der Waals surface area (Å²) in [7, 11) is 0. The molecule has 0 bridgehead atoms. The molecule has 0 saturated heterocycles. The fourth-order valence-electron chi connectivity index (χ4n) is 1.14. The van der Waals surface area contributed by atoms with Crippen LogP contribution >= 0.6 is 11.8 Å². The van der Waals surface area contributed by atoms with Gasteiger partial charge in [-0.3, -0.25) is 0 Å². The van der Waals surface area contributed by atoms with Gasteiger partial charge in [0.25, 0.3) is 0 Å². The van der Waals surface area contributed by atoms with Crippen molar-refractivity contribution in [2.75, 3.05) is 12.9 Å². The second kappa shape index (κ2) is 4.91. The first-order chi connectivity index (χ1) is 6.70. The molecule has 0 heterocycles. The lowest BCUT2D eigenvalue weighted by molar-refractivity contribution is 0.0692. The van der Waals surface area contributed by atoms with Crippen molar-refractivity contribution in [3.63, 3.8) is 0 Å². The summed E-state index contributed by atoms with van der Waals surface area (Å²) in [5.41, 5.74) is 0.221. The van der Waals surface area contributed by atoms with Gasteiger partial charge in [-0.15, -0.1) is 11.8 Å². The number of carbonyl (C=O) groups is 1. The number of carboxylic acid groups (broad SMARTS) is 1. The molecule has 14 heavy (non-hydrogen) atoms. The normalized spacial score (nSPS) is 9.86. The second-order valence-corrected chi connectivity index (χ2v) is 3.42. The summed E-state index contributed by atoms with van der Waals surface area (Å²) in [4.78, 5) is 11.7. The number of para-hydroxylation sites is 1. The highest BCUT2D eigenvalue weighted by atomic mass is 32.2. The average Bonchev–Trinajstić information content (AvgIpc) is 2.18. The first-order valence-corrected chi connectivity index (χ1v) is 5.46. The Morgan fingerprint density at radius 3 is 2.79 bits per heavy atom. The maximum absolute atomic E-state index is 10.9. The Bertz CT molecular complexity index is 336. The number of carboxylic acids is 1. The molecule has 0 unspecified atom stereocenters. The standard InChI is InChI=1S/C10H12O3S/c1-3-13-9-7(10(11)12)5-4-6-8(9)14-2/h4-6H,3H2,1-2H3,(H,11,12). The van der Waals surface area contributed by atoms with Gasteiger partial charge in [-0.05, 0) is 25.3 Å². The summed E-state index contributed by atoms with van der Waals surface area (Å²) in [5.74, 6) is -0.487. The van der Waals surface area contributed by atoms with Crippen LogP contribution in [0, 0.1) is 0 Å². The lowest BCUT2D eigenvalue weighted by Gasteiger charge is -2.10. The van der Waals surface area contributed by atoms with E-state index >= 15 is 0 Å². The molecule has 1 rings (SSSR count). The Labute approximate surface area is 87.1 Å². The molecule has 76 valence electrons. The summed E-state index contributed by atoms with van der Waals surface area (Å²) in [6.07, 6.45) is 1.89. The van der Waals surface area contributed by atoms with E-state index in [9.17, 15) is 4.79 Å². The van der Waals surface area contributed by atoms with Crippen LogP contribution in [0.5, 0.6) is 5.75 Å². The quantitative estimate of drug-likeness (QED) is 0.779. The maximum atomic E-state index is 10.9. The minimum absolute atomic E-state index is 0.221. The molecular formula is C10H12O3S. The minimum Gasteiger partial charge on any atom is -0.492 e. The fourth-order valence-corrected chi connectivity index (χ4v) is 1.71. The van der Waals surface area contributed by atoms with Crippen LogP contribution in [0.4, 0.5) is 0 Å². The average molecular weight is 212 g/mol. The van der Waals surface area contributed by atoms with Crippen molar-refractivity contribution in [3.05, 3.63) is 23.8 Å². The molecule has 1 N–H and O–H groups in total. The lowest BCUT2D eigenvalue weighted by Crippen LogP contribution is -2.03. The zero-order valence-electron chi connectivity index (χ0n) is 8.11. The number of thioether (sulfide) groups is 1. The van der Waals surface area contributed by atoms with E-state index in [-0.39, 0.29) is 5.56 Å². The largest absolute Gasteiger partial charge is 0.492 e. The molecular weight excluding hydrogens is 200 g/mol. The molecule has 0 aromatic heterocycles. The summed E-state index contributed by atoms with van der Waals surface area (Å²) < 4.78 is 5.32. The van der Waals surface area contributed by atoms with Crippen molar-refractivity contribution in [1.82, 2.24) is 0 Å². The maximum Gasteiger partial charge on any atom is 0.339 e. The van der Waals surface area contributed by atoms with Crippen molar-refractivity contribution in [3.8, 4) is 5.75 Å². The van der Waals surface area contributed by atoms with Crippen molar-refractivity contribution >= 4 is 17.7 Å². The molecule has 3 nitrogen and oxygen atoms in total. The van der Waals surface area contributed by atoms with Gasteiger partial charge in [-0.2, -0.15) is 0 Å². The molecule has 0 fully saturated rings. The Kier molecular flexibility index (Phi) is 3.83. The van der Waals surface area contributed by atoms with Gasteiger partial charge in [0.2, 0.25) is 0 Å². The number of ether oxygens (including phenoxy) is 1. The molecule has 4 heteroatoms. The molecule has 0 atom stereocenters. The molecule has 1 aromatic rings. The molecule has 0 aliphatic heterocycles. The van der Waals surface area contributed by atoms with Gasteiger partial charge >= 0.3 is 5.97 Å². The van der Waals surface area contributed by atoms with Crippen LogP contribution in [0.15, 0.2) is 23.1 Å². The number of hydrogen-bond donors (Lipinski definition) is 1. The number of rotatable bonds is 4. The topological polar surface area (TPSA) is 46.5 Å². The summed E-state index contributed by atoms with van der Waals surface area (Å²) in [6, 6.07) is 5.12. The van der Waals surface area contributed by atoms with Gasteiger partial charge in [0.15, 0.2) is 0 Å². The van der Waals surface area contributed by atoms with Crippen LogP contribution in [0.3, 0.4) is 0 Å². The molecule has 0 aliphatic rings. The lowest BCUT2D eigenvalue weighted by atomic mass is 10.2. The van der Waals surface area contributed by atoms with Gasteiger partial charge in [-0.25, -0.2) is 4.79 Å². The van der Waals surface area contributed by atoms with E-state index in [0.717, 1.165) is 4.90 Å². The second-order valence-electron chi connectivity index (χ2n) is 2.58. The third kappa shape index (κ3) is 2.20. The fraction of sp³-hybridized carbons (Fsp3) is 0.300. The van der Waals surface area contributed by atoms with E-state index in [1.165, 1.54) is 11.8 Å². The predicted molar refractivity (Wildman–Crippen MR) is 56.4 cm³/mol. The van der Waals surface area contributed by atoms with Crippen molar-refractivity contribution in [1.29, 1.82) is 0 Å². The van der Waals surface area contributed by atoms with Crippen LogP contribution < -0.4 is 4.74 Å². The van der Waals surface area contributed by atoms with Crippen LogP contribution in [0.2, 0.25) is 0 Å². The SMILES string of the molecule is CCOc1c(SC)cccc1C(=O)O. The Balaban J connectivity index is 3.20. The number of benzene rings is 1. The summed E-state index contributed by atoms with van der Waals surface area (Å²) in [6.45, 7) is 2.31. The van der Waals surface area contributed by atoms with Crippen LogP contribution in [-0.4, -0.2) is 23.9 Å². The predicted octanol–water partition coefficient (Wildman–Crippen LogP) is 2.51. The highest BCUT2D eigenvalue weighted by molar-refractivity contribution is 7.98. The zero-order valence-corrected chi connectivity index (χ0v) is 8.93. The van der Waals surface area contributed by atoms with E-state index in [0.29, 0.717) is 12.4 Å². The van der Waals surface area contributed by atoms with Gasteiger partial charge < -0.3 is 9.84 Å². The van der Waals surface area contributed by atoms with Gasteiger partial charge in [0.05, 0.1) is 6.61 Å². The van der Waals surface area contributed by atoms with Gasteiger partial charge in [0, 0.05) is 4.90 Å². The van der Waals surface area contributed by atoms with E-state index in [2.05, 4.69) is 0 Å². The minimum atomic E-state index is -0.954. The van der Waals surface area contributed by atoms with E-state index < -0.39 is 5.97 Å². The summed E-state index contributed by atoms with van der Waals surface area (Å²) >= 11 is 1.48. The van der Waals surface area contributed by atoms with Gasteiger partial charge in [0.1, 0.15) is 11.3 Å². The van der Waals surface area contributed by atoms with Crippen molar-refractivity contribution in [2.45, 2.75) is 11.8 Å². The Morgan fingerprint density at radius 2 is 2.29 bits per heavy atom. The van der Waals surface area contributed by atoms with Crippen LogP contribution in [0.25, 0.3) is 0 Å². The Hall–Kier alpha value is -1.16. The molecule has 0 aliphatic carbocycles. The molecule has 0 saturated carbocycles. The van der Waals surface area contributed by atoms with Crippen LogP contribution in [-0.2, 0) is 0 Å². The number of aromatic carboxylic acids is 1. The number of hydrogen-bond acceptors (Lipinski definition) is 3. The van der Waals surface area contributed by atoms with Crippen molar-refractivity contribution in [2.24, 2.45) is 0 Å². The third-order valence-electron chi connectivity index (χ3n) is 1.72. The zero-order chi connectivity index (χ0) is 10.6. The van der Waals surface area contributed by atoms with E-state index in [4.69, 9.17) is 9.84 Å². The Morgan fingerprint density at radius 1 is 1.57 bits per heavy atom. The molecule has 0 spiro atoms. The first-order valence-electron chi connectivity index (χ1n) is 4.23. The van der Waals surface area contributed by atoms with E-state index in [1.807, 2.05) is 19.2 Å². The van der Waals surface area contributed by atoms with Gasteiger partial charge in [-0.1, -0.05) is 6.07 Å². The molecule has 0 amide bonds. The molecule has 1 aromatic carbocycles. The monoisotopic (exact) mass is 212 g/mol.